The molecule has 2 fully saturated rings. The first-order valence-corrected chi connectivity index (χ1v) is 8.86. The molecule has 0 spiro atoms. The molecule has 0 radical (unpaired) electrons. The highest BCUT2D eigenvalue weighted by Gasteiger charge is 2.24. The maximum absolute atomic E-state index is 5.98. The van der Waals surface area contributed by atoms with E-state index in [1.807, 2.05) is 0 Å². The van der Waals surface area contributed by atoms with E-state index in [1.54, 1.807) is 0 Å². The van der Waals surface area contributed by atoms with E-state index in [0.717, 1.165) is 30.9 Å². The summed E-state index contributed by atoms with van der Waals surface area (Å²) in [5.74, 6) is 2.03. The molecule has 1 heterocycles. The van der Waals surface area contributed by atoms with Gasteiger partial charge in [-0.25, -0.2) is 0 Å². The van der Waals surface area contributed by atoms with Gasteiger partial charge in [0.15, 0.2) is 0 Å². The van der Waals surface area contributed by atoms with Crippen LogP contribution in [0.3, 0.4) is 0 Å². The Kier molecular flexibility index (Phi) is 7.19. The third-order valence-electron chi connectivity index (χ3n) is 4.99. The molecule has 130 valence electrons. The summed E-state index contributed by atoms with van der Waals surface area (Å²) in [6.45, 7) is 9.74. The van der Waals surface area contributed by atoms with Gasteiger partial charge in [-0.1, -0.05) is 12.1 Å². The van der Waals surface area contributed by atoms with Crippen molar-refractivity contribution in [1.29, 1.82) is 0 Å². The van der Waals surface area contributed by atoms with Crippen LogP contribution in [0.4, 0.5) is 0 Å². The van der Waals surface area contributed by atoms with Crippen LogP contribution in [-0.2, 0) is 0 Å². The first-order valence-electron chi connectivity index (χ1n) is 8.86. The van der Waals surface area contributed by atoms with Crippen LogP contribution < -0.4 is 10.1 Å². The molecule has 23 heavy (non-hydrogen) atoms. The van der Waals surface area contributed by atoms with Crippen molar-refractivity contribution in [1.82, 2.24) is 10.2 Å². The fraction of sp³-hybridized carbons (Fsp3) is 0.684. The summed E-state index contributed by atoms with van der Waals surface area (Å²) in [6, 6.07) is 7.17. The smallest absolute Gasteiger partial charge is 0.122 e. The van der Waals surface area contributed by atoms with Gasteiger partial charge >= 0.3 is 0 Å². The minimum Gasteiger partial charge on any atom is -0.492 e. The third kappa shape index (κ3) is 5.98. The number of rotatable bonds is 7. The maximum atomic E-state index is 5.98. The second-order valence-electron chi connectivity index (χ2n) is 7.08. The molecular formula is C19H31ClN2O. The van der Waals surface area contributed by atoms with E-state index in [9.17, 15) is 0 Å². The average molecular weight is 339 g/mol. The number of aryl methyl sites for hydroxylation is 2. The largest absolute Gasteiger partial charge is 0.492 e. The van der Waals surface area contributed by atoms with Crippen molar-refractivity contribution < 1.29 is 4.74 Å². The molecule has 3 nitrogen and oxygen atoms in total. The predicted molar refractivity (Wildman–Crippen MR) is 98.8 cm³/mol. The van der Waals surface area contributed by atoms with Crippen molar-refractivity contribution in [3.63, 3.8) is 0 Å². The number of hydrogen-bond donors (Lipinski definition) is 1. The monoisotopic (exact) mass is 338 g/mol. The molecule has 0 bridgehead atoms. The van der Waals surface area contributed by atoms with Crippen molar-refractivity contribution >= 4 is 12.4 Å². The van der Waals surface area contributed by atoms with Gasteiger partial charge in [-0.2, -0.15) is 0 Å². The van der Waals surface area contributed by atoms with E-state index >= 15 is 0 Å². The van der Waals surface area contributed by atoms with Crippen molar-refractivity contribution in [3.05, 3.63) is 29.3 Å². The fourth-order valence-electron chi connectivity index (χ4n) is 3.16. The van der Waals surface area contributed by atoms with Crippen LogP contribution in [0.25, 0.3) is 0 Å². The summed E-state index contributed by atoms with van der Waals surface area (Å²) in [4.78, 5) is 2.54. The van der Waals surface area contributed by atoms with E-state index in [2.05, 4.69) is 42.3 Å². The number of piperidine rings is 1. The zero-order valence-electron chi connectivity index (χ0n) is 14.5. The average Bonchev–Trinajstić information content (AvgIpc) is 3.34. The minimum atomic E-state index is 0. The summed E-state index contributed by atoms with van der Waals surface area (Å²) in [6.07, 6.45) is 5.47. The Hall–Kier alpha value is -0.770. The normalized spacial score (nSPS) is 19.4. The molecule has 0 atom stereocenters. The summed E-state index contributed by atoms with van der Waals surface area (Å²) in [5, 5.41) is 3.74. The number of halogens is 1. The van der Waals surface area contributed by atoms with Crippen LogP contribution in [0.2, 0.25) is 0 Å². The van der Waals surface area contributed by atoms with Gasteiger partial charge in [0.05, 0.1) is 0 Å². The number of nitrogens with zero attached hydrogens (tertiary/aromatic N) is 1. The molecule has 1 saturated carbocycles. The van der Waals surface area contributed by atoms with E-state index in [4.69, 9.17) is 4.74 Å². The zero-order chi connectivity index (χ0) is 15.4. The highest BCUT2D eigenvalue weighted by molar-refractivity contribution is 5.85. The maximum Gasteiger partial charge on any atom is 0.122 e. The molecule has 0 amide bonds. The van der Waals surface area contributed by atoms with Crippen LogP contribution in [-0.4, -0.2) is 43.7 Å². The molecule has 1 aliphatic carbocycles. The number of benzene rings is 1. The summed E-state index contributed by atoms with van der Waals surface area (Å²) < 4.78 is 5.98. The van der Waals surface area contributed by atoms with Gasteiger partial charge < -0.3 is 10.1 Å². The molecule has 1 N–H and O–H groups in total. The third-order valence-corrected chi connectivity index (χ3v) is 4.99. The topological polar surface area (TPSA) is 24.5 Å². The highest BCUT2D eigenvalue weighted by atomic mass is 35.5. The van der Waals surface area contributed by atoms with Gasteiger partial charge in [-0.05, 0) is 82.3 Å². The quantitative estimate of drug-likeness (QED) is 0.822. The first-order chi connectivity index (χ1) is 10.7. The van der Waals surface area contributed by atoms with Crippen LogP contribution in [0.15, 0.2) is 18.2 Å². The Morgan fingerprint density at radius 1 is 1.13 bits per heavy atom. The van der Waals surface area contributed by atoms with E-state index in [-0.39, 0.29) is 12.4 Å². The molecule has 1 saturated heterocycles. The Morgan fingerprint density at radius 2 is 1.87 bits per heavy atom. The Bertz CT molecular complexity index is 482. The Balaban J connectivity index is 0.00000192. The van der Waals surface area contributed by atoms with Crippen LogP contribution in [0.1, 0.15) is 36.8 Å². The van der Waals surface area contributed by atoms with Gasteiger partial charge in [0.1, 0.15) is 12.4 Å². The summed E-state index contributed by atoms with van der Waals surface area (Å²) in [5.41, 5.74) is 2.50. The van der Waals surface area contributed by atoms with Crippen molar-refractivity contribution in [2.24, 2.45) is 5.92 Å². The summed E-state index contributed by atoms with van der Waals surface area (Å²) in [7, 11) is 0. The lowest BCUT2D eigenvalue weighted by molar-refractivity contribution is 0.164. The highest BCUT2D eigenvalue weighted by Crippen LogP contribution is 2.28. The lowest BCUT2D eigenvalue weighted by Gasteiger charge is -2.32. The van der Waals surface area contributed by atoms with E-state index < -0.39 is 0 Å². The first kappa shape index (κ1) is 18.6. The number of nitrogens with one attached hydrogen (secondary N) is 1. The van der Waals surface area contributed by atoms with E-state index in [0.29, 0.717) is 0 Å². The fourth-order valence-corrected chi connectivity index (χ4v) is 3.16. The lowest BCUT2D eigenvalue weighted by Crippen LogP contribution is -2.44. The van der Waals surface area contributed by atoms with Gasteiger partial charge in [0.2, 0.25) is 0 Å². The second kappa shape index (κ2) is 8.91. The molecule has 4 heteroatoms. The number of ether oxygens (including phenoxy) is 1. The van der Waals surface area contributed by atoms with Gasteiger partial charge in [-0.3, -0.25) is 4.90 Å². The molecule has 0 unspecified atom stereocenters. The zero-order valence-corrected chi connectivity index (χ0v) is 15.3. The van der Waals surface area contributed by atoms with Crippen LogP contribution in [0, 0.1) is 19.8 Å². The second-order valence-corrected chi connectivity index (χ2v) is 7.08. The number of likely N-dealkylation sites (tertiary alicyclic amines) is 1. The molecule has 1 aliphatic heterocycles. The molecule has 1 aromatic rings. The number of hydrogen-bond acceptors (Lipinski definition) is 3. The Labute approximate surface area is 147 Å². The Morgan fingerprint density at radius 3 is 2.57 bits per heavy atom. The van der Waals surface area contributed by atoms with Gasteiger partial charge in [0, 0.05) is 12.6 Å². The summed E-state index contributed by atoms with van der Waals surface area (Å²) >= 11 is 0. The van der Waals surface area contributed by atoms with Crippen LogP contribution in [0.5, 0.6) is 5.75 Å². The molecular weight excluding hydrogens is 308 g/mol. The molecule has 2 aliphatic rings. The molecule has 1 aromatic carbocycles. The SMILES string of the molecule is Cc1ccc(C)c(OCCN2CCC(NCC3CC3)CC2)c1.Cl. The van der Waals surface area contributed by atoms with Gasteiger partial charge in [-0.15, -0.1) is 12.4 Å². The standard InChI is InChI=1S/C19H30N2O.ClH/c1-15-3-4-16(2)19(13-15)22-12-11-21-9-7-18(8-10-21)20-14-17-5-6-17;/h3-4,13,17-18,20H,5-12,14H2,1-2H3;1H. The van der Waals surface area contributed by atoms with Crippen molar-refractivity contribution in [3.8, 4) is 5.75 Å². The van der Waals surface area contributed by atoms with Crippen molar-refractivity contribution in [2.45, 2.75) is 45.6 Å². The van der Waals surface area contributed by atoms with E-state index in [1.165, 1.54) is 56.4 Å². The van der Waals surface area contributed by atoms with Gasteiger partial charge in [0.25, 0.3) is 0 Å². The van der Waals surface area contributed by atoms with Crippen LogP contribution >= 0.6 is 12.4 Å². The lowest BCUT2D eigenvalue weighted by atomic mass is 10.0. The molecule has 0 aromatic heterocycles. The molecule has 3 rings (SSSR count). The minimum absolute atomic E-state index is 0. The predicted octanol–water partition coefficient (Wildman–Crippen LogP) is 3.57. The van der Waals surface area contributed by atoms with Crippen molar-refractivity contribution in [2.75, 3.05) is 32.8 Å².